The molecule has 0 atom stereocenters. The maximum atomic E-state index is 11.9. The van der Waals surface area contributed by atoms with E-state index in [0.717, 1.165) is 64.2 Å². The van der Waals surface area contributed by atoms with E-state index in [1.54, 1.807) is 4.31 Å². The van der Waals surface area contributed by atoms with Gasteiger partial charge in [0, 0.05) is 51.9 Å². The first-order valence-electron chi connectivity index (χ1n) is 11.3. The van der Waals surface area contributed by atoms with Crippen LogP contribution >= 0.6 is 0 Å². The molecule has 3 N–H and O–H groups in total. The van der Waals surface area contributed by atoms with E-state index in [1.807, 2.05) is 0 Å². The third kappa shape index (κ3) is 8.77. The van der Waals surface area contributed by atoms with Gasteiger partial charge in [0.05, 0.1) is 12.8 Å². The zero-order chi connectivity index (χ0) is 22.0. The first kappa shape index (κ1) is 24.9. The number of hydrogen-bond donors (Lipinski definition) is 3. The number of sulfonamides is 1. The van der Waals surface area contributed by atoms with Gasteiger partial charge in [-0.1, -0.05) is 6.92 Å². The molecule has 0 aromatic heterocycles. The summed E-state index contributed by atoms with van der Waals surface area (Å²) in [6, 6.07) is 0.352. The fraction of sp³-hybridized carbons (Fsp3) is 0.900. The Hall–Kier alpha value is -1.39. The molecule has 2 saturated heterocycles. The maximum Gasteiger partial charge on any atom is 0.234 e. The second-order valence-electron chi connectivity index (χ2n) is 8.37. The van der Waals surface area contributed by atoms with Crippen LogP contribution in [0.15, 0.2) is 4.99 Å². The van der Waals surface area contributed by atoms with Gasteiger partial charge >= 0.3 is 0 Å². The van der Waals surface area contributed by atoms with E-state index in [-0.39, 0.29) is 5.91 Å². The second-order valence-corrected chi connectivity index (χ2v) is 10.4. The Balaban J connectivity index is 1.74. The molecule has 0 aromatic rings. The number of nitrogens with zero attached hydrogens (tertiary/aromatic N) is 3. The van der Waals surface area contributed by atoms with Gasteiger partial charge in [-0.25, -0.2) is 12.7 Å². The van der Waals surface area contributed by atoms with Crippen molar-refractivity contribution in [2.24, 2.45) is 10.9 Å². The Kier molecular flexibility index (Phi) is 10.3. The average molecular weight is 445 g/mol. The van der Waals surface area contributed by atoms with E-state index in [1.165, 1.54) is 6.26 Å². The van der Waals surface area contributed by atoms with Crippen LogP contribution in [0, 0.1) is 5.92 Å². The SMILES string of the molecule is CCCNC(=O)CN1CCC(NC(=NCC2CCN(S(C)(=O)=O)CC2)NCC)CC1. The standard InChI is InChI=1S/C20H40N6O3S/c1-4-10-22-19(27)16-25-11-8-18(9-12-25)24-20(21-5-2)23-15-17-6-13-26(14-7-17)30(3,28)29/h17-18H,4-16H2,1-3H3,(H,22,27)(H2,21,23,24). The molecule has 0 spiro atoms. The molecule has 10 heteroatoms. The largest absolute Gasteiger partial charge is 0.357 e. The van der Waals surface area contributed by atoms with Gasteiger partial charge in [0.2, 0.25) is 15.9 Å². The van der Waals surface area contributed by atoms with Gasteiger partial charge in [-0.15, -0.1) is 0 Å². The molecule has 2 rings (SSSR count). The fourth-order valence-electron chi connectivity index (χ4n) is 3.92. The van der Waals surface area contributed by atoms with Crippen molar-refractivity contribution < 1.29 is 13.2 Å². The van der Waals surface area contributed by atoms with Gasteiger partial charge in [-0.2, -0.15) is 0 Å². The fourth-order valence-corrected chi connectivity index (χ4v) is 4.79. The maximum absolute atomic E-state index is 11.9. The number of guanidine groups is 1. The third-order valence-electron chi connectivity index (χ3n) is 5.76. The summed E-state index contributed by atoms with van der Waals surface area (Å²) < 4.78 is 24.9. The second kappa shape index (κ2) is 12.5. The summed E-state index contributed by atoms with van der Waals surface area (Å²) in [4.78, 5) is 18.9. The Bertz CT molecular complexity index is 653. The molecule has 9 nitrogen and oxygen atoms in total. The topological polar surface area (TPSA) is 106 Å². The van der Waals surface area contributed by atoms with Crippen molar-refractivity contribution in [1.29, 1.82) is 0 Å². The van der Waals surface area contributed by atoms with E-state index in [2.05, 4.69) is 34.7 Å². The van der Waals surface area contributed by atoms with Crippen molar-refractivity contribution in [1.82, 2.24) is 25.2 Å². The van der Waals surface area contributed by atoms with E-state index in [4.69, 9.17) is 4.99 Å². The van der Waals surface area contributed by atoms with Gasteiger partial charge in [0.25, 0.3) is 0 Å². The van der Waals surface area contributed by atoms with Gasteiger partial charge in [-0.05, 0) is 44.9 Å². The number of likely N-dealkylation sites (tertiary alicyclic amines) is 1. The molecule has 0 aliphatic carbocycles. The minimum atomic E-state index is -3.08. The summed E-state index contributed by atoms with van der Waals surface area (Å²) in [5.41, 5.74) is 0. The van der Waals surface area contributed by atoms with Crippen LogP contribution in [0.25, 0.3) is 0 Å². The number of nitrogens with one attached hydrogen (secondary N) is 3. The highest BCUT2D eigenvalue weighted by Gasteiger charge is 2.25. The summed E-state index contributed by atoms with van der Waals surface area (Å²) >= 11 is 0. The normalized spacial score (nSPS) is 20.8. The number of carbonyl (C=O) groups is 1. The zero-order valence-corrected chi connectivity index (χ0v) is 19.6. The van der Waals surface area contributed by atoms with Gasteiger partial charge < -0.3 is 16.0 Å². The number of carbonyl (C=O) groups excluding carboxylic acids is 1. The summed E-state index contributed by atoms with van der Waals surface area (Å²) in [7, 11) is -3.08. The molecular formula is C20H40N6O3S. The van der Waals surface area contributed by atoms with Crippen molar-refractivity contribution in [3.05, 3.63) is 0 Å². The predicted octanol–water partition coefficient (Wildman–Crippen LogP) is 0.204. The molecule has 2 fully saturated rings. The molecule has 0 bridgehead atoms. The van der Waals surface area contributed by atoms with Crippen LogP contribution in [0.1, 0.15) is 46.0 Å². The van der Waals surface area contributed by atoms with Crippen LogP contribution in [0.3, 0.4) is 0 Å². The quantitative estimate of drug-likeness (QED) is 0.347. The van der Waals surface area contributed by atoms with E-state index in [0.29, 0.717) is 38.1 Å². The lowest BCUT2D eigenvalue weighted by Crippen LogP contribution is -2.50. The number of piperidine rings is 2. The van der Waals surface area contributed by atoms with Crippen LogP contribution in [0.5, 0.6) is 0 Å². The van der Waals surface area contributed by atoms with Crippen LogP contribution in [-0.4, -0.2) is 94.1 Å². The number of hydrogen-bond acceptors (Lipinski definition) is 5. The first-order valence-corrected chi connectivity index (χ1v) is 13.2. The van der Waals surface area contributed by atoms with Crippen molar-refractivity contribution in [3.8, 4) is 0 Å². The van der Waals surface area contributed by atoms with Gasteiger partial charge in [0.1, 0.15) is 0 Å². The molecule has 0 unspecified atom stereocenters. The Morgan fingerprint density at radius 2 is 1.70 bits per heavy atom. The third-order valence-corrected chi connectivity index (χ3v) is 7.07. The number of amides is 1. The number of aliphatic imine (C=N–C) groups is 1. The lowest BCUT2D eigenvalue weighted by atomic mass is 9.98. The summed E-state index contributed by atoms with van der Waals surface area (Å²) in [5, 5.41) is 9.80. The van der Waals surface area contributed by atoms with Crippen LogP contribution in [-0.2, 0) is 14.8 Å². The number of rotatable bonds is 9. The van der Waals surface area contributed by atoms with Crippen molar-refractivity contribution in [2.45, 2.75) is 52.0 Å². The Morgan fingerprint density at radius 3 is 2.27 bits per heavy atom. The van der Waals surface area contributed by atoms with E-state index < -0.39 is 10.0 Å². The molecule has 1 amide bonds. The van der Waals surface area contributed by atoms with E-state index in [9.17, 15) is 13.2 Å². The van der Waals surface area contributed by atoms with Crippen LogP contribution in [0.2, 0.25) is 0 Å². The summed E-state index contributed by atoms with van der Waals surface area (Å²) in [6.45, 7) is 9.83. The molecule has 0 saturated carbocycles. The minimum Gasteiger partial charge on any atom is -0.357 e. The monoisotopic (exact) mass is 444 g/mol. The highest BCUT2D eigenvalue weighted by molar-refractivity contribution is 7.88. The molecule has 2 aliphatic heterocycles. The minimum absolute atomic E-state index is 0.111. The smallest absolute Gasteiger partial charge is 0.234 e. The Morgan fingerprint density at radius 1 is 1.03 bits per heavy atom. The lowest BCUT2D eigenvalue weighted by molar-refractivity contribution is -0.122. The average Bonchev–Trinajstić information content (AvgIpc) is 2.71. The van der Waals surface area contributed by atoms with Crippen molar-refractivity contribution in [2.75, 3.05) is 58.6 Å². The molecule has 0 radical (unpaired) electrons. The van der Waals surface area contributed by atoms with Crippen LogP contribution in [0.4, 0.5) is 0 Å². The van der Waals surface area contributed by atoms with Crippen molar-refractivity contribution >= 4 is 21.9 Å². The highest BCUT2D eigenvalue weighted by Crippen LogP contribution is 2.19. The summed E-state index contributed by atoms with van der Waals surface area (Å²) in [6.07, 6.45) is 5.92. The summed E-state index contributed by atoms with van der Waals surface area (Å²) in [5.74, 6) is 1.36. The molecule has 0 aromatic carbocycles. The van der Waals surface area contributed by atoms with Gasteiger partial charge in [-0.3, -0.25) is 14.7 Å². The van der Waals surface area contributed by atoms with Gasteiger partial charge in [0.15, 0.2) is 5.96 Å². The molecule has 2 aliphatic rings. The molecule has 30 heavy (non-hydrogen) atoms. The Labute approximate surface area is 182 Å². The molecular weight excluding hydrogens is 404 g/mol. The first-order chi connectivity index (χ1) is 14.3. The van der Waals surface area contributed by atoms with E-state index >= 15 is 0 Å². The highest BCUT2D eigenvalue weighted by atomic mass is 32.2. The zero-order valence-electron chi connectivity index (χ0n) is 18.8. The van der Waals surface area contributed by atoms with Crippen molar-refractivity contribution in [3.63, 3.8) is 0 Å². The predicted molar refractivity (Wildman–Crippen MR) is 121 cm³/mol. The lowest BCUT2D eigenvalue weighted by Gasteiger charge is -2.33. The molecule has 174 valence electrons. The molecule has 2 heterocycles. The van der Waals surface area contributed by atoms with Crippen LogP contribution < -0.4 is 16.0 Å².